The van der Waals surface area contributed by atoms with Crippen molar-refractivity contribution < 1.29 is 19.5 Å². The lowest BCUT2D eigenvalue weighted by Crippen LogP contribution is -2.53. The van der Waals surface area contributed by atoms with Gasteiger partial charge in [0.1, 0.15) is 11.3 Å². The van der Waals surface area contributed by atoms with Crippen molar-refractivity contribution in [3.05, 3.63) is 95.1 Å². The Kier molecular flexibility index (Phi) is 5.60. The predicted molar refractivity (Wildman–Crippen MR) is 139 cm³/mol. The number of imide groups is 1. The topological polar surface area (TPSA) is 98.7 Å². The number of nitrogens with one attached hydrogen (secondary N) is 2. The molecule has 0 radical (unpaired) electrons. The molecule has 0 bridgehead atoms. The molecular formula is C30H29N3O4. The number of amides is 3. The van der Waals surface area contributed by atoms with E-state index in [1.807, 2.05) is 67.6 Å². The van der Waals surface area contributed by atoms with Crippen LogP contribution in [0, 0.1) is 11.8 Å². The molecule has 3 N–H and O–H groups in total. The molecule has 2 saturated heterocycles. The van der Waals surface area contributed by atoms with E-state index < -0.39 is 23.4 Å². The molecule has 0 aliphatic carbocycles. The number of carbonyl (C=O) groups is 3. The van der Waals surface area contributed by atoms with Gasteiger partial charge < -0.3 is 10.4 Å². The van der Waals surface area contributed by atoms with Gasteiger partial charge in [0.05, 0.1) is 11.8 Å². The van der Waals surface area contributed by atoms with Crippen molar-refractivity contribution in [1.29, 1.82) is 0 Å². The van der Waals surface area contributed by atoms with E-state index in [0.29, 0.717) is 18.5 Å². The third kappa shape index (κ3) is 3.64. The number of hydrogen-bond acceptors (Lipinski definition) is 5. The monoisotopic (exact) mass is 495 g/mol. The van der Waals surface area contributed by atoms with E-state index >= 15 is 0 Å². The molecule has 188 valence electrons. The first kappa shape index (κ1) is 23.4. The van der Waals surface area contributed by atoms with Crippen LogP contribution in [0.5, 0.6) is 5.75 Å². The van der Waals surface area contributed by atoms with Crippen LogP contribution in [0.25, 0.3) is 0 Å². The van der Waals surface area contributed by atoms with Gasteiger partial charge in [-0.15, -0.1) is 0 Å². The summed E-state index contributed by atoms with van der Waals surface area (Å²) in [5.41, 5.74) is 3.14. The molecule has 3 amide bonds. The van der Waals surface area contributed by atoms with Gasteiger partial charge in [0.15, 0.2) is 0 Å². The molecule has 1 spiro atoms. The SMILES string of the molecule is CCc1ccc2c(c1)[C@]1(N[C@@H](Cc3ccc(O)cc3)[C@H]3C(=O)N(CCc4ccccc4)C(=O)[C@H]31)C(=O)N2. The Bertz CT molecular complexity index is 1390. The maximum Gasteiger partial charge on any atom is 0.250 e. The average Bonchev–Trinajstić information content (AvgIpc) is 3.48. The van der Waals surface area contributed by atoms with Crippen LogP contribution in [0.2, 0.25) is 0 Å². The predicted octanol–water partition coefficient (Wildman–Crippen LogP) is 3.16. The molecule has 3 aromatic rings. The zero-order valence-electron chi connectivity index (χ0n) is 20.6. The van der Waals surface area contributed by atoms with Gasteiger partial charge in [0, 0.05) is 23.8 Å². The van der Waals surface area contributed by atoms with Crippen LogP contribution >= 0.6 is 0 Å². The van der Waals surface area contributed by atoms with E-state index in [-0.39, 0.29) is 30.0 Å². The maximum atomic E-state index is 14.0. The number of phenols is 1. The fourth-order valence-corrected chi connectivity index (χ4v) is 6.30. The normalized spacial score (nSPS) is 26.0. The van der Waals surface area contributed by atoms with Crippen LogP contribution in [-0.4, -0.2) is 40.3 Å². The molecule has 3 heterocycles. The fraction of sp³-hybridized carbons (Fsp3) is 0.300. The minimum absolute atomic E-state index is 0.160. The van der Waals surface area contributed by atoms with E-state index in [2.05, 4.69) is 10.6 Å². The molecule has 3 aliphatic heterocycles. The summed E-state index contributed by atoms with van der Waals surface area (Å²) in [6.07, 6.45) is 1.80. The van der Waals surface area contributed by atoms with Crippen molar-refractivity contribution >= 4 is 23.4 Å². The van der Waals surface area contributed by atoms with Crippen LogP contribution in [0.4, 0.5) is 5.69 Å². The van der Waals surface area contributed by atoms with E-state index in [4.69, 9.17) is 0 Å². The second-order valence-electron chi connectivity index (χ2n) is 10.2. The number of hydrogen-bond donors (Lipinski definition) is 3. The number of phenolic OH excluding ortho intramolecular Hbond substituents is 1. The first-order chi connectivity index (χ1) is 17.9. The van der Waals surface area contributed by atoms with Gasteiger partial charge in [-0.25, -0.2) is 0 Å². The lowest BCUT2D eigenvalue weighted by Gasteiger charge is -2.30. The number of benzene rings is 3. The molecule has 3 aliphatic rings. The molecular weight excluding hydrogens is 466 g/mol. The van der Waals surface area contributed by atoms with Crippen LogP contribution < -0.4 is 10.6 Å². The Balaban J connectivity index is 1.41. The highest BCUT2D eigenvalue weighted by molar-refractivity contribution is 6.15. The molecule has 7 nitrogen and oxygen atoms in total. The van der Waals surface area contributed by atoms with Crippen molar-refractivity contribution in [2.45, 2.75) is 37.8 Å². The van der Waals surface area contributed by atoms with Gasteiger partial charge in [-0.2, -0.15) is 0 Å². The van der Waals surface area contributed by atoms with Gasteiger partial charge in [0.2, 0.25) is 17.7 Å². The van der Waals surface area contributed by atoms with Gasteiger partial charge in [-0.05, 0) is 54.2 Å². The Labute approximate surface area is 215 Å². The summed E-state index contributed by atoms with van der Waals surface area (Å²) in [4.78, 5) is 42.9. The van der Waals surface area contributed by atoms with Crippen molar-refractivity contribution in [2.75, 3.05) is 11.9 Å². The molecule has 0 unspecified atom stereocenters. The summed E-state index contributed by atoms with van der Waals surface area (Å²) in [5, 5.41) is 16.2. The average molecular weight is 496 g/mol. The van der Waals surface area contributed by atoms with Gasteiger partial charge in [-0.3, -0.25) is 24.6 Å². The second-order valence-corrected chi connectivity index (χ2v) is 10.2. The largest absolute Gasteiger partial charge is 0.508 e. The van der Waals surface area contributed by atoms with Crippen LogP contribution in [-0.2, 0) is 39.2 Å². The third-order valence-corrected chi connectivity index (χ3v) is 8.14. The number of nitrogens with zero attached hydrogens (tertiary/aromatic N) is 1. The first-order valence-corrected chi connectivity index (χ1v) is 12.8. The van der Waals surface area contributed by atoms with E-state index in [1.165, 1.54) is 4.90 Å². The lowest BCUT2D eigenvalue weighted by molar-refractivity contribution is -0.142. The highest BCUT2D eigenvalue weighted by Crippen LogP contribution is 2.53. The van der Waals surface area contributed by atoms with Crippen molar-refractivity contribution in [2.24, 2.45) is 11.8 Å². The van der Waals surface area contributed by atoms with Crippen molar-refractivity contribution in [1.82, 2.24) is 10.2 Å². The number of aryl methyl sites for hydroxylation is 1. The molecule has 37 heavy (non-hydrogen) atoms. The minimum Gasteiger partial charge on any atom is -0.508 e. The van der Waals surface area contributed by atoms with Crippen LogP contribution in [0.1, 0.15) is 29.2 Å². The van der Waals surface area contributed by atoms with Gasteiger partial charge >= 0.3 is 0 Å². The Morgan fingerprint density at radius 3 is 2.35 bits per heavy atom. The lowest BCUT2D eigenvalue weighted by atomic mass is 9.76. The second kappa shape index (κ2) is 8.85. The zero-order valence-corrected chi connectivity index (χ0v) is 20.6. The Hall–Kier alpha value is -3.97. The summed E-state index contributed by atoms with van der Waals surface area (Å²) in [5.74, 6) is -2.15. The van der Waals surface area contributed by atoms with Crippen molar-refractivity contribution in [3.63, 3.8) is 0 Å². The summed E-state index contributed by atoms with van der Waals surface area (Å²) < 4.78 is 0. The molecule has 6 rings (SSSR count). The minimum atomic E-state index is -1.30. The zero-order chi connectivity index (χ0) is 25.7. The third-order valence-electron chi connectivity index (χ3n) is 8.14. The maximum absolute atomic E-state index is 14.0. The summed E-state index contributed by atoms with van der Waals surface area (Å²) in [6, 6.07) is 22.0. The van der Waals surface area contributed by atoms with E-state index in [0.717, 1.165) is 28.7 Å². The Morgan fingerprint density at radius 2 is 1.62 bits per heavy atom. The molecule has 4 atom stereocenters. The highest BCUT2D eigenvalue weighted by atomic mass is 16.3. The van der Waals surface area contributed by atoms with E-state index in [9.17, 15) is 19.5 Å². The number of fused-ring (bicyclic) bond motifs is 4. The first-order valence-electron chi connectivity index (χ1n) is 12.8. The van der Waals surface area contributed by atoms with Crippen LogP contribution in [0.3, 0.4) is 0 Å². The number of rotatable bonds is 6. The summed E-state index contributed by atoms with van der Waals surface area (Å²) in [7, 11) is 0. The van der Waals surface area contributed by atoms with Gasteiger partial charge in [-0.1, -0.05) is 61.5 Å². The summed E-state index contributed by atoms with van der Waals surface area (Å²) in [6.45, 7) is 2.33. The highest BCUT2D eigenvalue weighted by Gasteiger charge is 2.70. The van der Waals surface area contributed by atoms with Gasteiger partial charge in [0.25, 0.3) is 0 Å². The van der Waals surface area contributed by atoms with Crippen LogP contribution in [0.15, 0.2) is 72.8 Å². The van der Waals surface area contributed by atoms with E-state index in [1.54, 1.807) is 12.1 Å². The number of likely N-dealkylation sites (tertiary alicyclic amines) is 1. The molecule has 7 heteroatoms. The number of carbonyl (C=O) groups excluding carboxylic acids is 3. The molecule has 0 aromatic heterocycles. The Morgan fingerprint density at radius 1 is 0.892 bits per heavy atom. The summed E-state index contributed by atoms with van der Waals surface area (Å²) >= 11 is 0. The quantitative estimate of drug-likeness (QED) is 0.457. The fourth-order valence-electron chi connectivity index (χ4n) is 6.30. The number of aromatic hydroxyl groups is 1. The number of anilines is 1. The standard InChI is InChI=1S/C30H29N3O4/c1-2-18-10-13-23-22(16-18)30(29(37)31-23)26-25(24(32-30)17-20-8-11-21(34)12-9-20)27(35)33(28(26)36)15-14-19-6-4-3-5-7-19/h3-13,16,24-26,32,34H,2,14-15,17H2,1H3,(H,31,37)/t24-,25+,26-,30+/m0/s1. The molecule has 3 aromatic carbocycles. The molecule has 0 saturated carbocycles. The molecule has 2 fully saturated rings. The smallest absolute Gasteiger partial charge is 0.250 e. The van der Waals surface area contributed by atoms with Crippen molar-refractivity contribution in [3.8, 4) is 5.75 Å².